The number of carbonyl (C=O) groups excluding carboxylic acids is 3. The van der Waals surface area contributed by atoms with Crippen LogP contribution in [0.1, 0.15) is 59.9 Å². The number of amides is 1. The summed E-state index contributed by atoms with van der Waals surface area (Å²) in [5.41, 5.74) is -0.685. The minimum Gasteiger partial charge on any atom is -0.444 e. The molecule has 1 fully saturated rings. The fraction of sp³-hybridized carbons (Fsp3) is 0.609. The molecular formula is C23H34N2O6. The van der Waals surface area contributed by atoms with Crippen LogP contribution >= 0.6 is 0 Å². The summed E-state index contributed by atoms with van der Waals surface area (Å²) in [6.45, 7) is 10.5. The summed E-state index contributed by atoms with van der Waals surface area (Å²) in [5.74, 6) is -1.44. The van der Waals surface area contributed by atoms with Crippen molar-refractivity contribution in [2.75, 3.05) is 6.54 Å². The molecule has 31 heavy (non-hydrogen) atoms. The first-order valence-corrected chi connectivity index (χ1v) is 10.5. The van der Waals surface area contributed by atoms with E-state index in [-0.39, 0.29) is 19.5 Å². The monoisotopic (exact) mass is 434 g/mol. The average Bonchev–Trinajstić information content (AvgIpc) is 2.66. The number of likely N-dealkylation sites (tertiary alicyclic amines) is 1. The molecule has 1 heterocycles. The summed E-state index contributed by atoms with van der Waals surface area (Å²) in [6.07, 6.45) is 0.00783. The second-order valence-corrected chi connectivity index (χ2v) is 9.92. The fourth-order valence-corrected chi connectivity index (χ4v) is 3.17. The minimum atomic E-state index is -0.956. The van der Waals surface area contributed by atoms with Crippen molar-refractivity contribution in [1.29, 1.82) is 0 Å². The summed E-state index contributed by atoms with van der Waals surface area (Å²) in [4.78, 5) is 39.0. The molecule has 8 heteroatoms. The zero-order valence-corrected chi connectivity index (χ0v) is 19.3. The van der Waals surface area contributed by atoms with Gasteiger partial charge < -0.3 is 14.7 Å². The van der Waals surface area contributed by atoms with Crippen LogP contribution < -0.4 is 0 Å². The molecule has 0 bridgehead atoms. The van der Waals surface area contributed by atoms with Crippen molar-refractivity contribution in [3.05, 3.63) is 35.9 Å². The first-order valence-electron chi connectivity index (χ1n) is 10.5. The number of piperidine rings is 1. The number of esters is 2. The molecule has 2 rings (SSSR count). The Morgan fingerprint density at radius 3 is 2.23 bits per heavy atom. The third kappa shape index (κ3) is 7.33. The molecule has 2 atom stereocenters. The smallest absolute Gasteiger partial charge is 0.411 e. The maximum atomic E-state index is 12.8. The Kier molecular flexibility index (Phi) is 7.83. The van der Waals surface area contributed by atoms with E-state index in [0.29, 0.717) is 6.42 Å². The van der Waals surface area contributed by atoms with Crippen molar-refractivity contribution in [2.24, 2.45) is 5.41 Å². The van der Waals surface area contributed by atoms with Gasteiger partial charge in [0.05, 0.1) is 11.5 Å². The Morgan fingerprint density at radius 1 is 1.06 bits per heavy atom. The van der Waals surface area contributed by atoms with E-state index in [1.807, 2.05) is 30.3 Å². The molecule has 1 saturated heterocycles. The maximum Gasteiger partial charge on any atom is 0.411 e. The quantitative estimate of drug-likeness (QED) is 0.438. The van der Waals surface area contributed by atoms with Gasteiger partial charge in [-0.05, 0) is 59.9 Å². The predicted octanol–water partition coefficient (Wildman–Crippen LogP) is 3.76. The lowest BCUT2D eigenvalue weighted by molar-refractivity contribution is -0.175. The zero-order chi connectivity index (χ0) is 23.4. The number of rotatable bonds is 4. The average molecular weight is 435 g/mol. The van der Waals surface area contributed by atoms with E-state index in [9.17, 15) is 19.6 Å². The number of hydrogen-bond acceptors (Lipinski definition) is 7. The number of carbonyl (C=O) groups is 3. The van der Waals surface area contributed by atoms with Gasteiger partial charge in [-0.1, -0.05) is 30.3 Å². The standard InChI is InChI=1S/C23H34N2O6/c1-22(2,3)20(27)30-19(26)18-13-12-17(15-24(18)21(28)31-23(4,5)6)25(29)14-16-10-8-7-9-11-16/h7-11,17-18,29H,12-15H2,1-6H3/t17-,18+/m1/s1. The Labute approximate surface area is 184 Å². The van der Waals surface area contributed by atoms with Crippen LogP contribution in [0, 0.1) is 5.41 Å². The van der Waals surface area contributed by atoms with Crippen molar-refractivity contribution in [1.82, 2.24) is 9.96 Å². The van der Waals surface area contributed by atoms with Crippen molar-refractivity contribution >= 4 is 18.0 Å². The second-order valence-electron chi connectivity index (χ2n) is 9.92. The van der Waals surface area contributed by atoms with Crippen LogP contribution in [-0.2, 0) is 25.6 Å². The van der Waals surface area contributed by atoms with Crippen LogP contribution in [-0.4, -0.2) is 57.4 Å². The molecular weight excluding hydrogens is 400 g/mol. The van der Waals surface area contributed by atoms with Crippen molar-refractivity contribution in [2.45, 2.75) is 78.6 Å². The van der Waals surface area contributed by atoms with Gasteiger partial charge in [0.25, 0.3) is 0 Å². The minimum absolute atomic E-state index is 0.0712. The molecule has 0 aliphatic carbocycles. The number of ether oxygens (including phenoxy) is 2. The van der Waals surface area contributed by atoms with Gasteiger partial charge in [-0.3, -0.25) is 9.69 Å². The van der Waals surface area contributed by atoms with Crippen molar-refractivity contribution < 1.29 is 29.1 Å². The number of nitrogens with zero attached hydrogens (tertiary/aromatic N) is 2. The van der Waals surface area contributed by atoms with E-state index < -0.39 is 41.1 Å². The largest absolute Gasteiger partial charge is 0.444 e. The molecule has 1 aliphatic heterocycles. The highest BCUT2D eigenvalue weighted by molar-refractivity contribution is 5.92. The lowest BCUT2D eigenvalue weighted by atomic mass is 9.96. The third-order valence-corrected chi connectivity index (χ3v) is 4.87. The topological polar surface area (TPSA) is 96.4 Å². The number of hydrogen-bond donors (Lipinski definition) is 1. The van der Waals surface area contributed by atoms with Gasteiger partial charge in [-0.25, -0.2) is 9.59 Å². The summed E-state index contributed by atoms with van der Waals surface area (Å²) in [6, 6.07) is 8.11. The molecule has 0 unspecified atom stereocenters. The summed E-state index contributed by atoms with van der Waals surface area (Å²) >= 11 is 0. The van der Waals surface area contributed by atoms with Crippen LogP contribution in [0.5, 0.6) is 0 Å². The molecule has 0 radical (unpaired) electrons. The summed E-state index contributed by atoms with van der Waals surface area (Å²) in [7, 11) is 0. The summed E-state index contributed by atoms with van der Waals surface area (Å²) in [5, 5.41) is 11.8. The normalized spacial score (nSPS) is 19.8. The van der Waals surface area contributed by atoms with Crippen LogP contribution in [0.4, 0.5) is 4.79 Å². The van der Waals surface area contributed by atoms with E-state index >= 15 is 0 Å². The van der Waals surface area contributed by atoms with Crippen molar-refractivity contribution in [3.63, 3.8) is 0 Å². The Hall–Kier alpha value is -2.45. The Bertz CT molecular complexity index is 781. The predicted molar refractivity (Wildman–Crippen MR) is 114 cm³/mol. The second kappa shape index (κ2) is 9.78. The molecule has 1 aliphatic rings. The van der Waals surface area contributed by atoms with Gasteiger partial charge in [-0.15, -0.1) is 0 Å². The highest BCUT2D eigenvalue weighted by Gasteiger charge is 2.42. The molecule has 1 aromatic rings. The van der Waals surface area contributed by atoms with Gasteiger partial charge in [0, 0.05) is 13.1 Å². The Balaban J connectivity index is 2.16. The van der Waals surface area contributed by atoms with E-state index in [4.69, 9.17) is 9.47 Å². The highest BCUT2D eigenvalue weighted by Crippen LogP contribution is 2.26. The van der Waals surface area contributed by atoms with Gasteiger partial charge in [0.1, 0.15) is 11.6 Å². The lowest BCUT2D eigenvalue weighted by Crippen LogP contribution is -2.57. The zero-order valence-electron chi connectivity index (χ0n) is 19.3. The van der Waals surface area contributed by atoms with Gasteiger partial charge in [-0.2, -0.15) is 5.06 Å². The van der Waals surface area contributed by atoms with E-state index in [1.54, 1.807) is 41.5 Å². The fourth-order valence-electron chi connectivity index (χ4n) is 3.17. The van der Waals surface area contributed by atoms with Gasteiger partial charge in [0.15, 0.2) is 0 Å². The van der Waals surface area contributed by atoms with Gasteiger partial charge in [0.2, 0.25) is 0 Å². The van der Waals surface area contributed by atoms with Crippen LogP contribution in [0.15, 0.2) is 30.3 Å². The lowest BCUT2D eigenvalue weighted by Gasteiger charge is -2.40. The SMILES string of the molecule is CC(C)(C)OC(=O)N1C[C@H](N(O)Cc2ccccc2)CC[C@H]1C(=O)OC(=O)C(C)(C)C. The number of hydroxylamine groups is 2. The molecule has 0 aromatic heterocycles. The van der Waals surface area contributed by atoms with E-state index in [2.05, 4.69) is 0 Å². The molecule has 0 spiro atoms. The van der Waals surface area contributed by atoms with E-state index in [1.165, 1.54) is 9.96 Å². The van der Waals surface area contributed by atoms with Crippen LogP contribution in [0.2, 0.25) is 0 Å². The molecule has 0 saturated carbocycles. The maximum absolute atomic E-state index is 12.8. The van der Waals surface area contributed by atoms with Crippen LogP contribution in [0.25, 0.3) is 0 Å². The van der Waals surface area contributed by atoms with Gasteiger partial charge >= 0.3 is 18.0 Å². The van der Waals surface area contributed by atoms with Crippen LogP contribution in [0.3, 0.4) is 0 Å². The van der Waals surface area contributed by atoms with Crippen molar-refractivity contribution in [3.8, 4) is 0 Å². The van der Waals surface area contributed by atoms with E-state index in [0.717, 1.165) is 5.56 Å². The molecule has 1 aromatic carbocycles. The molecule has 172 valence electrons. The highest BCUT2D eigenvalue weighted by atomic mass is 16.6. The number of benzene rings is 1. The third-order valence-electron chi connectivity index (χ3n) is 4.87. The Morgan fingerprint density at radius 2 is 1.68 bits per heavy atom. The molecule has 1 N–H and O–H groups in total. The first-order chi connectivity index (χ1) is 14.3. The molecule has 8 nitrogen and oxygen atoms in total. The molecule has 1 amide bonds. The summed E-state index contributed by atoms with van der Waals surface area (Å²) < 4.78 is 10.5. The first kappa shape index (κ1) is 24.8.